The highest BCUT2D eigenvalue weighted by atomic mass is 32.1. The summed E-state index contributed by atoms with van der Waals surface area (Å²) in [5.41, 5.74) is 1.00. The second kappa shape index (κ2) is 1.90. The Bertz CT molecular complexity index is 277. The van der Waals surface area contributed by atoms with Crippen molar-refractivity contribution in [3.8, 4) is 0 Å². The summed E-state index contributed by atoms with van der Waals surface area (Å²) in [6, 6.07) is 1.90. The monoisotopic (exact) mass is 154 g/mol. The van der Waals surface area contributed by atoms with E-state index in [-0.39, 0.29) is 5.78 Å². The first-order valence-corrected chi connectivity index (χ1v) is 3.95. The van der Waals surface area contributed by atoms with Crippen LogP contribution in [-0.2, 0) is 6.42 Å². The van der Waals surface area contributed by atoms with E-state index in [0.717, 1.165) is 10.4 Å². The summed E-state index contributed by atoms with van der Waals surface area (Å²) in [4.78, 5) is 11.8. The standard InChI is InChI=1S/C7H6O2S/c8-5-3-4-1-2-10-7(4)6(5)9/h1-2,5,8H,3H2/t5-/m1/s1. The third-order valence-corrected chi connectivity index (χ3v) is 2.66. The Balaban J connectivity index is 2.53. The molecule has 52 valence electrons. The first-order valence-electron chi connectivity index (χ1n) is 3.07. The molecule has 10 heavy (non-hydrogen) atoms. The van der Waals surface area contributed by atoms with Crippen molar-refractivity contribution in [2.75, 3.05) is 0 Å². The van der Waals surface area contributed by atoms with E-state index in [4.69, 9.17) is 5.11 Å². The third kappa shape index (κ3) is 0.646. The molecule has 0 saturated heterocycles. The zero-order chi connectivity index (χ0) is 7.14. The van der Waals surface area contributed by atoms with Crippen LogP contribution in [0.25, 0.3) is 0 Å². The first-order chi connectivity index (χ1) is 4.79. The van der Waals surface area contributed by atoms with E-state index in [1.54, 1.807) is 0 Å². The number of hydrogen-bond donors (Lipinski definition) is 1. The van der Waals surface area contributed by atoms with E-state index in [1.165, 1.54) is 11.3 Å². The Labute approximate surface area is 62.1 Å². The molecule has 1 aromatic rings. The molecule has 0 saturated carbocycles. The molecule has 0 aliphatic heterocycles. The molecule has 0 fully saturated rings. The molecule has 0 bridgehead atoms. The average Bonchev–Trinajstić information content (AvgIpc) is 2.41. The summed E-state index contributed by atoms with van der Waals surface area (Å²) in [6.07, 6.45) is -0.250. The van der Waals surface area contributed by atoms with Crippen LogP contribution in [0.2, 0.25) is 0 Å². The molecule has 2 nitrogen and oxygen atoms in total. The fraction of sp³-hybridized carbons (Fsp3) is 0.286. The maximum Gasteiger partial charge on any atom is 0.201 e. The number of Topliss-reactive ketones (excluding diaryl/α,β-unsaturated/α-hetero) is 1. The van der Waals surface area contributed by atoms with Crippen LogP contribution in [0.5, 0.6) is 0 Å². The number of rotatable bonds is 0. The van der Waals surface area contributed by atoms with Crippen molar-refractivity contribution in [3.05, 3.63) is 21.9 Å². The van der Waals surface area contributed by atoms with Crippen LogP contribution < -0.4 is 0 Å². The van der Waals surface area contributed by atoms with E-state index < -0.39 is 6.10 Å². The third-order valence-electron chi connectivity index (χ3n) is 1.69. The number of carbonyl (C=O) groups excluding carboxylic acids is 1. The molecule has 1 aliphatic rings. The van der Waals surface area contributed by atoms with Crippen molar-refractivity contribution in [2.24, 2.45) is 0 Å². The lowest BCUT2D eigenvalue weighted by molar-refractivity contribution is 0.0783. The quantitative estimate of drug-likeness (QED) is 0.601. The molecule has 1 N–H and O–H groups in total. The van der Waals surface area contributed by atoms with Crippen molar-refractivity contribution in [2.45, 2.75) is 12.5 Å². The van der Waals surface area contributed by atoms with Crippen molar-refractivity contribution < 1.29 is 9.90 Å². The Morgan fingerprint density at radius 1 is 1.70 bits per heavy atom. The van der Waals surface area contributed by atoms with E-state index >= 15 is 0 Å². The second-order valence-electron chi connectivity index (χ2n) is 2.36. The molecule has 1 heterocycles. The van der Waals surface area contributed by atoms with Gasteiger partial charge in [0, 0.05) is 6.42 Å². The van der Waals surface area contributed by atoms with Crippen molar-refractivity contribution in [3.63, 3.8) is 0 Å². The number of aliphatic hydroxyl groups excluding tert-OH is 1. The van der Waals surface area contributed by atoms with Gasteiger partial charge < -0.3 is 5.11 Å². The Kier molecular flexibility index (Phi) is 1.16. The Morgan fingerprint density at radius 2 is 2.50 bits per heavy atom. The Hall–Kier alpha value is -0.670. The van der Waals surface area contributed by atoms with E-state index in [2.05, 4.69) is 0 Å². The SMILES string of the molecule is O=C1c2sccc2C[C@H]1O. The number of carbonyl (C=O) groups is 1. The molecule has 1 aromatic heterocycles. The fourth-order valence-electron chi connectivity index (χ4n) is 1.16. The summed E-state index contributed by atoms with van der Waals surface area (Å²) in [5, 5.41) is 10.9. The van der Waals surface area contributed by atoms with Crippen LogP contribution in [0.1, 0.15) is 15.2 Å². The van der Waals surface area contributed by atoms with Gasteiger partial charge in [-0.15, -0.1) is 11.3 Å². The van der Waals surface area contributed by atoms with Gasteiger partial charge in [0.05, 0.1) is 4.88 Å². The van der Waals surface area contributed by atoms with Crippen LogP contribution >= 0.6 is 11.3 Å². The Morgan fingerprint density at radius 3 is 3.20 bits per heavy atom. The van der Waals surface area contributed by atoms with Crippen molar-refractivity contribution in [1.82, 2.24) is 0 Å². The number of fused-ring (bicyclic) bond motifs is 1. The van der Waals surface area contributed by atoms with Crippen molar-refractivity contribution >= 4 is 17.1 Å². The summed E-state index contributed by atoms with van der Waals surface area (Å²) in [6.45, 7) is 0. The number of ketones is 1. The van der Waals surface area contributed by atoms with Gasteiger partial charge in [-0.2, -0.15) is 0 Å². The molecule has 0 amide bonds. The zero-order valence-corrected chi connectivity index (χ0v) is 6.02. The molecular formula is C7H6O2S. The second-order valence-corrected chi connectivity index (χ2v) is 3.28. The highest BCUT2D eigenvalue weighted by Gasteiger charge is 2.29. The van der Waals surface area contributed by atoms with E-state index in [0.29, 0.717) is 6.42 Å². The summed E-state index contributed by atoms with van der Waals surface area (Å²) in [7, 11) is 0. The highest BCUT2D eigenvalue weighted by Crippen LogP contribution is 2.26. The summed E-state index contributed by atoms with van der Waals surface area (Å²) >= 11 is 1.41. The summed E-state index contributed by atoms with van der Waals surface area (Å²) < 4.78 is 0. The fourth-order valence-corrected chi connectivity index (χ4v) is 2.09. The molecular weight excluding hydrogens is 148 g/mol. The molecule has 0 aromatic carbocycles. The lowest BCUT2D eigenvalue weighted by atomic mass is 10.2. The van der Waals surface area contributed by atoms with Gasteiger partial charge in [-0.1, -0.05) is 0 Å². The van der Waals surface area contributed by atoms with Gasteiger partial charge >= 0.3 is 0 Å². The minimum atomic E-state index is -0.762. The summed E-state index contributed by atoms with van der Waals surface area (Å²) in [5.74, 6) is -0.106. The van der Waals surface area contributed by atoms with Crippen LogP contribution in [0, 0.1) is 0 Å². The van der Waals surface area contributed by atoms with Crippen LogP contribution in [0.4, 0.5) is 0 Å². The van der Waals surface area contributed by atoms with Crippen molar-refractivity contribution in [1.29, 1.82) is 0 Å². The van der Waals surface area contributed by atoms with Gasteiger partial charge in [0.1, 0.15) is 6.10 Å². The lowest BCUT2D eigenvalue weighted by Crippen LogP contribution is -2.13. The predicted octanol–water partition coefficient (Wildman–Crippen LogP) is 0.848. The predicted molar refractivity (Wildman–Crippen MR) is 38.4 cm³/mol. The average molecular weight is 154 g/mol. The molecule has 3 heteroatoms. The molecule has 1 atom stereocenters. The number of hydrogen-bond acceptors (Lipinski definition) is 3. The van der Waals surface area contributed by atoms with E-state index in [1.807, 2.05) is 11.4 Å². The maximum absolute atomic E-state index is 11.0. The van der Waals surface area contributed by atoms with Gasteiger partial charge in [0.15, 0.2) is 0 Å². The first kappa shape index (κ1) is 6.07. The molecule has 0 radical (unpaired) electrons. The van der Waals surface area contributed by atoms with Crippen LogP contribution in [0.3, 0.4) is 0 Å². The topological polar surface area (TPSA) is 37.3 Å². The largest absolute Gasteiger partial charge is 0.385 e. The van der Waals surface area contributed by atoms with Crippen LogP contribution in [-0.4, -0.2) is 17.0 Å². The molecule has 1 aliphatic carbocycles. The van der Waals surface area contributed by atoms with Gasteiger partial charge in [0.25, 0.3) is 0 Å². The normalized spacial score (nSPS) is 23.3. The maximum atomic E-state index is 11.0. The number of thiophene rings is 1. The zero-order valence-electron chi connectivity index (χ0n) is 5.20. The smallest absolute Gasteiger partial charge is 0.201 e. The minimum absolute atomic E-state index is 0.106. The highest BCUT2D eigenvalue weighted by molar-refractivity contribution is 7.12. The number of aliphatic hydroxyl groups is 1. The van der Waals surface area contributed by atoms with Gasteiger partial charge in [-0.05, 0) is 17.0 Å². The van der Waals surface area contributed by atoms with Gasteiger partial charge in [-0.3, -0.25) is 4.79 Å². The molecule has 0 unspecified atom stereocenters. The molecule has 2 rings (SSSR count). The lowest BCUT2D eigenvalue weighted by Gasteiger charge is -1.93. The minimum Gasteiger partial charge on any atom is -0.385 e. The van der Waals surface area contributed by atoms with E-state index in [9.17, 15) is 4.79 Å². The van der Waals surface area contributed by atoms with Gasteiger partial charge in [-0.25, -0.2) is 0 Å². The van der Waals surface area contributed by atoms with Crippen LogP contribution in [0.15, 0.2) is 11.4 Å². The molecule has 0 spiro atoms. The van der Waals surface area contributed by atoms with Gasteiger partial charge in [0.2, 0.25) is 5.78 Å².